The number of nitro groups is 2. The van der Waals surface area contributed by atoms with Gasteiger partial charge in [0.1, 0.15) is 0 Å². The van der Waals surface area contributed by atoms with E-state index in [1.54, 1.807) is 0 Å². The number of non-ortho nitro benzene ring substituents is 2. The van der Waals surface area contributed by atoms with Crippen molar-refractivity contribution in [2.75, 3.05) is 0 Å². The zero-order valence-corrected chi connectivity index (χ0v) is 18.3. The van der Waals surface area contributed by atoms with E-state index in [9.17, 15) is 51.4 Å². The van der Waals surface area contributed by atoms with Crippen molar-refractivity contribution < 1.29 is 41.0 Å². The van der Waals surface area contributed by atoms with Crippen LogP contribution in [0.5, 0.6) is 0 Å². The first-order chi connectivity index (χ1) is 17.7. The minimum absolute atomic E-state index is 0.0873. The maximum absolute atomic E-state index is 13.7. The van der Waals surface area contributed by atoms with E-state index in [0.29, 0.717) is 12.1 Å². The third-order valence-corrected chi connectivity index (χ3v) is 5.11. The monoisotopic (exact) mass is 540 g/mol. The molecule has 0 aliphatic rings. The van der Waals surface area contributed by atoms with Gasteiger partial charge in [0.2, 0.25) is 0 Å². The molecule has 2 aromatic carbocycles. The number of nitro benzene ring substituents is 2. The van der Waals surface area contributed by atoms with Crippen molar-refractivity contribution in [1.82, 2.24) is 19.6 Å². The quantitative estimate of drug-likeness (QED) is 0.182. The summed E-state index contributed by atoms with van der Waals surface area (Å²) in [6.45, 7) is 0. The molecule has 4 aromatic rings. The summed E-state index contributed by atoms with van der Waals surface area (Å²) in [5.41, 5.74) is -5.40. The molecule has 0 saturated carbocycles. The molecule has 0 atom stereocenters. The zero-order chi connectivity index (χ0) is 28.0. The Morgan fingerprint density at radius 1 is 0.658 bits per heavy atom. The van der Waals surface area contributed by atoms with Crippen molar-refractivity contribution in [2.24, 2.45) is 0 Å². The van der Waals surface area contributed by atoms with E-state index in [1.807, 2.05) is 0 Å². The average Bonchev–Trinajstić information content (AvgIpc) is 3.49. The molecule has 0 aliphatic carbocycles. The molecule has 0 aliphatic heterocycles. The average molecular weight is 540 g/mol. The molecule has 38 heavy (non-hydrogen) atoms. The first-order valence-electron chi connectivity index (χ1n) is 10.1. The lowest BCUT2D eigenvalue weighted by Crippen LogP contribution is -2.30. The fraction of sp³-hybridized carbons (Fsp3) is 0.0952. The molecule has 0 saturated heterocycles. The van der Waals surface area contributed by atoms with E-state index in [4.69, 9.17) is 0 Å². The molecule has 11 nitrogen and oxygen atoms in total. The van der Waals surface area contributed by atoms with Crippen LogP contribution in [0.15, 0.2) is 60.7 Å². The minimum Gasteiger partial charge on any atom is -0.258 e. The summed E-state index contributed by atoms with van der Waals surface area (Å²) in [6, 6.07) is 6.95. The number of aromatic nitrogens is 4. The number of carbonyl (C=O) groups excluding carboxylic acids is 1. The number of benzene rings is 2. The molecule has 0 radical (unpaired) electrons. The Labute approximate surface area is 205 Å². The van der Waals surface area contributed by atoms with Gasteiger partial charge in [-0.15, -0.1) is 0 Å². The number of halogens is 6. The molecule has 196 valence electrons. The third kappa shape index (κ3) is 4.93. The topological polar surface area (TPSA) is 139 Å². The maximum Gasteiger partial charge on any atom is 0.433 e. The Morgan fingerprint density at radius 3 is 1.24 bits per heavy atom. The first-order valence-corrected chi connectivity index (χ1v) is 10.1. The Morgan fingerprint density at radius 2 is 0.974 bits per heavy atom. The molecule has 0 fully saturated rings. The lowest BCUT2D eigenvalue weighted by atomic mass is 10.1. The lowest BCUT2D eigenvalue weighted by molar-refractivity contribution is -0.385. The third-order valence-electron chi connectivity index (χ3n) is 5.11. The largest absolute Gasteiger partial charge is 0.433 e. The molecule has 4 rings (SSSR count). The Kier molecular flexibility index (Phi) is 6.22. The molecule has 0 amide bonds. The van der Waals surface area contributed by atoms with Gasteiger partial charge in [0.15, 0.2) is 11.4 Å². The molecule has 0 spiro atoms. The van der Waals surface area contributed by atoms with E-state index < -0.39 is 51.0 Å². The van der Waals surface area contributed by atoms with E-state index in [1.165, 1.54) is 0 Å². The normalized spacial score (nSPS) is 11.9. The molecule has 0 N–H and O–H groups in total. The Balaban J connectivity index is 1.83. The summed E-state index contributed by atoms with van der Waals surface area (Å²) in [6.07, 6.45) is -10.5. The van der Waals surface area contributed by atoms with Crippen LogP contribution >= 0.6 is 0 Å². The highest BCUT2D eigenvalue weighted by Crippen LogP contribution is 2.36. The van der Waals surface area contributed by atoms with Gasteiger partial charge in [-0.1, -0.05) is 0 Å². The number of hydrogen-bond donors (Lipinski definition) is 0. The number of hydrogen-bond acceptors (Lipinski definition) is 7. The standard InChI is InChI=1S/C21H10F6N6O5/c22-20(23,24)17-9-15(11-1-5-13(6-2-11)32(35)36)28-30(17)19(34)31-18(21(25,26)27)10-16(29-31)12-3-7-14(8-4-12)33(37)38/h1-10H. The van der Waals surface area contributed by atoms with Crippen LogP contribution in [0.3, 0.4) is 0 Å². The lowest BCUT2D eigenvalue weighted by Gasteiger charge is -2.11. The number of nitrogens with zero attached hydrogens (tertiary/aromatic N) is 6. The van der Waals surface area contributed by atoms with Gasteiger partial charge in [0.05, 0.1) is 21.2 Å². The van der Waals surface area contributed by atoms with Crippen LogP contribution in [0.2, 0.25) is 0 Å². The van der Waals surface area contributed by atoms with Crippen molar-refractivity contribution in [3.05, 3.63) is 92.3 Å². The van der Waals surface area contributed by atoms with Gasteiger partial charge in [-0.25, -0.2) is 4.79 Å². The van der Waals surface area contributed by atoms with Gasteiger partial charge >= 0.3 is 18.4 Å². The number of alkyl halides is 6. The second-order valence-corrected chi connectivity index (χ2v) is 7.54. The summed E-state index contributed by atoms with van der Waals surface area (Å²) in [5, 5.41) is 28.6. The first kappa shape index (κ1) is 26.0. The molecular formula is C21H10F6N6O5. The molecule has 2 aromatic heterocycles. The summed E-state index contributed by atoms with van der Waals surface area (Å²) >= 11 is 0. The Hall–Kier alpha value is -5.09. The van der Waals surface area contributed by atoms with Crippen molar-refractivity contribution in [2.45, 2.75) is 12.4 Å². The van der Waals surface area contributed by atoms with E-state index in [2.05, 4.69) is 10.2 Å². The van der Waals surface area contributed by atoms with E-state index in [0.717, 1.165) is 48.5 Å². The predicted molar refractivity (Wildman–Crippen MR) is 115 cm³/mol. The summed E-state index contributed by atoms with van der Waals surface area (Å²) < 4.78 is 81.7. The van der Waals surface area contributed by atoms with Crippen LogP contribution in [0, 0.1) is 20.2 Å². The van der Waals surface area contributed by atoms with Gasteiger partial charge in [0, 0.05) is 35.4 Å². The molecular weight excluding hydrogens is 530 g/mol. The molecule has 0 unspecified atom stereocenters. The summed E-state index contributed by atoms with van der Waals surface area (Å²) in [4.78, 5) is 33.1. The van der Waals surface area contributed by atoms with Gasteiger partial charge < -0.3 is 0 Å². The Bertz CT molecular complexity index is 1440. The van der Waals surface area contributed by atoms with Crippen molar-refractivity contribution >= 4 is 17.4 Å². The second-order valence-electron chi connectivity index (χ2n) is 7.54. The summed E-state index contributed by atoms with van der Waals surface area (Å²) in [5.74, 6) is 0. The van der Waals surface area contributed by atoms with Gasteiger partial charge in [0.25, 0.3) is 11.4 Å². The van der Waals surface area contributed by atoms with Gasteiger partial charge in [-0.3, -0.25) is 20.2 Å². The summed E-state index contributed by atoms with van der Waals surface area (Å²) in [7, 11) is 0. The van der Waals surface area contributed by atoms with Gasteiger partial charge in [-0.05, 0) is 36.4 Å². The van der Waals surface area contributed by atoms with Crippen LogP contribution in [-0.2, 0) is 12.4 Å². The van der Waals surface area contributed by atoms with Crippen LogP contribution < -0.4 is 0 Å². The number of rotatable bonds is 4. The predicted octanol–water partition coefficient (Wildman–Crippen LogP) is 5.78. The van der Waals surface area contributed by atoms with Crippen LogP contribution in [-0.4, -0.2) is 35.4 Å². The smallest absolute Gasteiger partial charge is 0.258 e. The van der Waals surface area contributed by atoms with Crippen molar-refractivity contribution in [1.29, 1.82) is 0 Å². The van der Waals surface area contributed by atoms with Crippen LogP contribution in [0.25, 0.3) is 22.5 Å². The molecule has 0 bridgehead atoms. The maximum atomic E-state index is 13.7. The fourth-order valence-electron chi connectivity index (χ4n) is 3.34. The number of carbonyl (C=O) groups is 1. The van der Waals surface area contributed by atoms with Crippen molar-refractivity contribution in [3.8, 4) is 22.5 Å². The van der Waals surface area contributed by atoms with Crippen molar-refractivity contribution in [3.63, 3.8) is 0 Å². The zero-order valence-electron chi connectivity index (χ0n) is 18.3. The highest BCUT2D eigenvalue weighted by molar-refractivity contribution is 5.81. The SMILES string of the molecule is O=C(n1nc(-c2ccc([N+](=O)[O-])cc2)cc1C(F)(F)F)n1nc(-c2ccc([N+](=O)[O-])cc2)cc1C(F)(F)F. The van der Waals surface area contributed by atoms with E-state index in [-0.39, 0.29) is 31.9 Å². The highest BCUT2D eigenvalue weighted by atomic mass is 19.4. The minimum atomic E-state index is -5.24. The van der Waals surface area contributed by atoms with Crippen LogP contribution in [0.4, 0.5) is 42.5 Å². The highest BCUT2D eigenvalue weighted by Gasteiger charge is 2.42. The molecule has 17 heteroatoms. The molecule has 2 heterocycles. The van der Waals surface area contributed by atoms with E-state index >= 15 is 0 Å². The second kappa shape index (κ2) is 9.09. The van der Waals surface area contributed by atoms with Crippen LogP contribution in [0.1, 0.15) is 11.4 Å². The van der Waals surface area contributed by atoms with Gasteiger partial charge in [-0.2, -0.15) is 45.9 Å². The fourth-order valence-corrected chi connectivity index (χ4v) is 3.34.